The van der Waals surface area contributed by atoms with E-state index in [1.807, 2.05) is 0 Å². The molecule has 0 aromatic carbocycles. The lowest BCUT2D eigenvalue weighted by molar-refractivity contribution is -0.00217. The molecule has 0 spiro atoms. The van der Waals surface area contributed by atoms with Crippen LogP contribution in [0.4, 0.5) is 0 Å². The minimum Gasteiger partial charge on any atom is -0.382 e. The SMILES string of the molecule is CCCCCCCCOC(CNCC)COC. The fourth-order valence-corrected chi connectivity index (χ4v) is 1.79. The number of ether oxygens (including phenoxy) is 2. The van der Waals surface area contributed by atoms with E-state index in [1.165, 1.54) is 38.5 Å². The maximum absolute atomic E-state index is 5.80. The predicted octanol–water partition coefficient (Wildman–Crippen LogP) is 2.99. The fourth-order valence-electron chi connectivity index (χ4n) is 1.79. The highest BCUT2D eigenvalue weighted by molar-refractivity contribution is 4.60. The number of nitrogens with one attached hydrogen (secondary N) is 1. The van der Waals surface area contributed by atoms with Gasteiger partial charge in [-0.3, -0.25) is 0 Å². The van der Waals surface area contributed by atoms with Crippen LogP contribution in [0, 0.1) is 0 Å². The first-order chi connectivity index (χ1) is 8.35. The number of rotatable bonds is 13. The Morgan fingerprint density at radius 3 is 2.35 bits per heavy atom. The summed E-state index contributed by atoms with van der Waals surface area (Å²) < 4.78 is 10.9. The first-order valence-electron chi connectivity index (χ1n) is 7.16. The van der Waals surface area contributed by atoms with Crippen molar-refractivity contribution >= 4 is 0 Å². The van der Waals surface area contributed by atoms with E-state index in [0.717, 1.165) is 19.7 Å². The van der Waals surface area contributed by atoms with Gasteiger partial charge in [-0.15, -0.1) is 0 Å². The average molecular weight is 245 g/mol. The Morgan fingerprint density at radius 2 is 1.71 bits per heavy atom. The van der Waals surface area contributed by atoms with Gasteiger partial charge in [-0.25, -0.2) is 0 Å². The molecule has 0 saturated heterocycles. The van der Waals surface area contributed by atoms with E-state index in [-0.39, 0.29) is 6.10 Å². The molecule has 104 valence electrons. The number of likely N-dealkylation sites (N-methyl/N-ethyl adjacent to an activating group) is 1. The standard InChI is InChI=1S/C14H31NO2/c1-4-6-7-8-9-10-11-17-14(13-16-3)12-15-5-2/h14-15H,4-13H2,1-3H3. The zero-order valence-electron chi connectivity index (χ0n) is 12.0. The molecular formula is C14H31NO2. The minimum atomic E-state index is 0.204. The third kappa shape index (κ3) is 12.1. The lowest BCUT2D eigenvalue weighted by atomic mass is 10.1. The summed E-state index contributed by atoms with van der Waals surface area (Å²) in [6.45, 7) is 7.78. The van der Waals surface area contributed by atoms with E-state index >= 15 is 0 Å². The fraction of sp³-hybridized carbons (Fsp3) is 1.00. The number of methoxy groups -OCH3 is 1. The van der Waals surface area contributed by atoms with Crippen LogP contribution in [-0.2, 0) is 9.47 Å². The van der Waals surface area contributed by atoms with Crippen molar-refractivity contribution in [2.45, 2.75) is 58.5 Å². The molecule has 3 nitrogen and oxygen atoms in total. The van der Waals surface area contributed by atoms with E-state index in [4.69, 9.17) is 9.47 Å². The van der Waals surface area contributed by atoms with Gasteiger partial charge in [0.25, 0.3) is 0 Å². The van der Waals surface area contributed by atoms with Crippen LogP contribution in [-0.4, -0.2) is 39.5 Å². The first kappa shape index (κ1) is 16.9. The summed E-state index contributed by atoms with van der Waals surface area (Å²) in [7, 11) is 1.73. The predicted molar refractivity (Wildman–Crippen MR) is 73.5 cm³/mol. The molecule has 1 N–H and O–H groups in total. The highest BCUT2D eigenvalue weighted by Crippen LogP contribution is 2.05. The molecule has 0 bridgehead atoms. The van der Waals surface area contributed by atoms with Crippen molar-refractivity contribution in [2.75, 3.05) is 33.4 Å². The lowest BCUT2D eigenvalue weighted by Crippen LogP contribution is -2.32. The molecule has 17 heavy (non-hydrogen) atoms. The molecule has 0 radical (unpaired) electrons. The minimum absolute atomic E-state index is 0.204. The van der Waals surface area contributed by atoms with Crippen LogP contribution < -0.4 is 5.32 Å². The van der Waals surface area contributed by atoms with Gasteiger partial charge in [0.2, 0.25) is 0 Å². The van der Waals surface area contributed by atoms with Gasteiger partial charge >= 0.3 is 0 Å². The Morgan fingerprint density at radius 1 is 1.00 bits per heavy atom. The van der Waals surface area contributed by atoms with Crippen LogP contribution in [0.3, 0.4) is 0 Å². The van der Waals surface area contributed by atoms with Gasteiger partial charge in [0.1, 0.15) is 0 Å². The maximum Gasteiger partial charge on any atom is 0.0932 e. The van der Waals surface area contributed by atoms with Crippen LogP contribution in [0.25, 0.3) is 0 Å². The summed E-state index contributed by atoms with van der Waals surface area (Å²) in [5.41, 5.74) is 0. The van der Waals surface area contributed by atoms with Crippen molar-refractivity contribution < 1.29 is 9.47 Å². The molecule has 1 atom stereocenters. The molecule has 0 aromatic heterocycles. The van der Waals surface area contributed by atoms with Crippen LogP contribution in [0.5, 0.6) is 0 Å². The van der Waals surface area contributed by atoms with Crippen LogP contribution in [0.15, 0.2) is 0 Å². The van der Waals surface area contributed by atoms with E-state index < -0.39 is 0 Å². The third-order valence-electron chi connectivity index (χ3n) is 2.83. The second kappa shape index (κ2) is 13.9. The van der Waals surface area contributed by atoms with E-state index in [9.17, 15) is 0 Å². The van der Waals surface area contributed by atoms with Crippen molar-refractivity contribution in [3.63, 3.8) is 0 Å². The summed E-state index contributed by atoms with van der Waals surface area (Å²) in [5.74, 6) is 0. The zero-order chi connectivity index (χ0) is 12.8. The van der Waals surface area contributed by atoms with Crippen molar-refractivity contribution in [1.82, 2.24) is 5.32 Å². The molecule has 0 aromatic rings. The van der Waals surface area contributed by atoms with E-state index in [2.05, 4.69) is 19.2 Å². The van der Waals surface area contributed by atoms with Crippen LogP contribution in [0.1, 0.15) is 52.4 Å². The molecule has 0 aliphatic heterocycles. The zero-order valence-corrected chi connectivity index (χ0v) is 12.0. The molecule has 0 fully saturated rings. The van der Waals surface area contributed by atoms with Gasteiger partial charge < -0.3 is 14.8 Å². The van der Waals surface area contributed by atoms with Crippen molar-refractivity contribution in [1.29, 1.82) is 0 Å². The molecule has 0 amide bonds. The summed E-state index contributed by atoms with van der Waals surface area (Å²) in [4.78, 5) is 0. The number of unbranched alkanes of at least 4 members (excludes halogenated alkanes) is 5. The first-order valence-corrected chi connectivity index (χ1v) is 7.16. The number of hydrogen-bond donors (Lipinski definition) is 1. The van der Waals surface area contributed by atoms with Gasteiger partial charge in [0.15, 0.2) is 0 Å². The van der Waals surface area contributed by atoms with Crippen molar-refractivity contribution in [3.05, 3.63) is 0 Å². The van der Waals surface area contributed by atoms with Crippen molar-refractivity contribution in [3.8, 4) is 0 Å². The topological polar surface area (TPSA) is 30.5 Å². The maximum atomic E-state index is 5.80. The van der Waals surface area contributed by atoms with Crippen LogP contribution in [0.2, 0.25) is 0 Å². The Labute approximate surface area is 107 Å². The quantitative estimate of drug-likeness (QED) is 0.506. The van der Waals surface area contributed by atoms with Gasteiger partial charge in [0, 0.05) is 20.3 Å². The molecule has 0 rings (SSSR count). The summed E-state index contributed by atoms with van der Waals surface area (Å²) in [5, 5.41) is 3.30. The molecule has 0 aliphatic carbocycles. The average Bonchev–Trinajstić information content (AvgIpc) is 2.34. The summed E-state index contributed by atoms with van der Waals surface area (Å²) in [6, 6.07) is 0. The molecule has 1 unspecified atom stereocenters. The lowest BCUT2D eigenvalue weighted by Gasteiger charge is -2.17. The second-order valence-corrected chi connectivity index (χ2v) is 4.52. The van der Waals surface area contributed by atoms with Crippen molar-refractivity contribution in [2.24, 2.45) is 0 Å². The van der Waals surface area contributed by atoms with Crippen LogP contribution >= 0.6 is 0 Å². The summed E-state index contributed by atoms with van der Waals surface area (Å²) in [6.07, 6.45) is 8.07. The third-order valence-corrected chi connectivity index (χ3v) is 2.83. The Hall–Kier alpha value is -0.120. The monoisotopic (exact) mass is 245 g/mol. The Kier molecular flexibility index (Phi) is 13.8. The molecular weight excluding hydrogens is 214 g/mol. The summed E-state index contributed by atoms with van der Waals surface area (Å²) >= 11 is 0. The molecule has 0 heterocycles. The van der Waals surface area contributed by atoms with Gasteiger partial charge in [0.05, 0.1) is 12.7 Å². The highest BCUT2D eigenvalue weighted by atomic mass is 16.5. The van der Waals surface area contributed by atoms with E-state index in [1.54, 1.807) is 7.11 Å². The Balaban J connectivity index is 3.34. The van der Waals surface area contributed by atoms with Gasteiger partial charge in [-0.1, -0.05) is 46.0 Å². The molecule has 3 heteroatoms. The van der Waals surface area contributed by atoms with E-state index in [0.29, 0.717) is 6.61 Å². The molecule has 0 saturated carbocycles. The van der Waals surface area contributed by atoms with Gasteiger partial charge in [-0.05, 0) is 13.0 Å². The second-order valence-electron chi connectivity index (χ2n) is 4.52. The highest BCUT2D eigenvalue weighted by Gasteiger charge is 2.07. The Bertz CT molecular complexity index is 142. The molecule has 0 aliphatic rings. The smallest absolute Gasteiger partial charge is 0.0932 e. The normalized spacial score (nSPS) is 12.9. The van der Waals surface area contributed by atoms with Gasteiger partial charge in [-0.2, -0.15) is 0 Å². The number of hydrogen-bond acceptors (Lipinski definition) is 3. The largest absolute Gasteiger partial charge is 0.382 e.